The van der Waals surface area contributed by atoms with E-state index in [2.05, 4.69) is 17.1 Å². The summed E-state index contributed by atoms with van der Waals surface area (Å²) in [6.45, 7) is 6.97. The molecule has 0 unspecified atom stereocenters. The number of ether oxygens (including phenoxy) is 2. The molecule has 24 heavy (non-hydrogen) atoms. The number of unbranched alkanes of at least 4 members (excludes halogenated alkanes) is 1. The maximum atomic E-state index is 11.9. The fraction of sp³-hybridized carbons (Fsp3) is 0.632. The van der Waals surface area contributed by atoms with Gasteiger partial charge in [-0.3, -0.25) is 10.2 Å². The van der Waals surface area contributed by atoms with E-state index in [1.54, 1.807) is 0 Å². The van der Waals surface area contributed by atoms with E-state index in [0.29, 0.717) is 13.2 Å². The minimum absolute atomic E-state index is 0.393. The number of hydrogen-bond donors (Lipinski definition) is 1. The molecule has 134 valence electrons. The van der Waals surface area contributed by atoms with E-state index in [9.17, 15) is 4.79 Å². The van der Waals surface area contributed by atoms with Crippen molar-refractivity contribution in [1.29, 1.82) is 0 Å². The second-order valence-electron chi connectivity index (χ2n) is 6.27. The molecule has 1 heterocycles. The Hall–Kier alpha value is -1.59. The normalized spacial score (nSPS) is 15.2. The lowest BCUT2D eigenvalue weighted by Gasteiger charge is -2.25. The summed E-state index contributed by atoms with van der Waals surface area (Å²) in [5.41, 5.74) is 1.80. The molecule has 1 aromatic carbocycles. The molecule has 0 aliphatic carbocycles. The van der Waals surface area contributed by atoms with E-state index in [-0.39, 0.29) is 0 Å². The first-order chi connectivity index (χ1) is 11.8. The van der Waals surface area contributed by atoms with Gasteiger partial charge in [-0.15, -0.1) is 0 Å². The molecule has 2 rings (SSSR count). The number of piperidine rings is 1. The topological polar surface area (TPSA) is 50.8 Å². The highest BCUT2D eigenvalue weighted by atomic mass is 16.5. The number of likely N-dealkylation sites (tertiary alicyclic amines) is 1. The third-order valence-electron chi connectivity index (χ3n) is 4.17. The van der Waals surface area contributed by atoms with Crippen molar-refractivity contribution in [2.75, 3.05) is 38.2 Å². The number of carbonyl (C=O) groups is 1. The first-order valence-electron chi connectivity index (χ1n) is 9.10. The summed E-state index contributed by atoms with van der Waals surface area (Å²) in [6, 6.07) is 7.71. The fourth-order valence-electron chi connectivity index (χ4n) is 2.78. The van der Waals surface area contributed by atoms with Gasteiger partial charge in [0, 0.05) is 18.8 Å². The van der Waals surface area contributed by atoms with E-state index in [4.69, 9.17) is 9.47 Å². The predicted molar refractivity (Wildman–Crippen MR) is 96.3 cm³/mol. The highest BCUT2D eigenvalue weighted by molar-refractivity contribution is 5.84. The lowest BCUT2D eigenvalue weighted by atomic mass is 10.1. The predicted octanol–water partition coefficient (Wildman–Crippen LogP) is 4.04. The zero-order valence-electron chi connectivity index (χ0n) is 14.8. The van der Waals surface area contributed by atoms with Crippen LogP contribution in [0.4, 0.5) is 10.5 Å². The minimum atomic E-state index is -0.393. The van der Waals surface area contributed by atoms with Crippen LogP contribution in [0.3, 0.4) is 0 Å². The lowest BCUT2D eigenvalue weighted by molar-refractivity contribution is 0.118. The second-order valence-corrected chi connectivity index (χ2v) is 6.27. The van der Waals surface area contributed by atoms with Crippen molar-refractivity contribution >= 4 is 11.8 Å². The second kappa shape index (κ2) is 11.0. The molecule has 0 saturated carbocycles. The number of hydrogen-bond acceptors (Lipinski definition) is 4. The van der Waals surface area contributed by atoms with Crippen LogP contribution in [0.25, 0.3) is 0 Å². The van der Waals surface area contributed by atoms with E-state index < -0.39 is 6.09 Å². The van der Waals surface area contributed by atoms with Gasteiger partial charge in [0.2, 0.25) is 0 Å². The average Bonchev–Trinajstić information content (AvgIpc) is 2.60. The largest absolute Gasteiger partial charge is 0.448 e. The highest BCUT2D eigenvalue weighted by Gasteiger charge is 2.10. The number of anilines is 1. The number of benzene rings is 1. The van der Waals surface area contributed by atoms with Gasteiger partial charge < -0.3 is 9.47 Å². The maximum absolute atomic E-state index is 11.9. The molecule has 5 heteroatoms. The fourth-order valence-corrected chi connectivity index (χ4v) is 2.78. The molecule has 1 aliphatic rings. The molecule has 0 bridgehead atoms. The Kier molecular flexibility index (Phi) is 8.63. The van der Waals surface area contributed by atoms with Crippen LogP contribution in [0.5, 0.6) is 0 Å². The number of nitrogens with zero attached hydrogens (tertiary/aromatic N) is 1. The Morgan fingerprint density at radius 1 is 1.21 bits per heavy atom. The molecule has 1 saturated heterocycles. The van der Waals surface area contributed by atoms with Crippen molar-refractivity contribution in [3.8, 4) is 0 Å². The standard InChI is InChI=1S/C19H30N2O3/c1-2-3-13-23-16-17-8-7-9-18(15-17)20-19(22)24-14-12-21-10-5-4-6-11-21/h7-9,15H,2-6,10-14,16H2,1H3,(H,20,22). The SMILES string of the molecule is CCCCOCc1cccc(NC(=O)OCCN2CCCCC2)c1. The van der Waals surface area contributed by atoms with Gasteiger partial charge in [-0.1, -0.05) is 31.9 Å². The quantitative estimate of drug-likeness (QED) is 0.693. The summed E-state index contributed by atoms with van der Waals surface area (Å²) in [4.78, 5) is 14.2. The summed E-state index contributed by atoms with van der Waals surface area (Å²) in [6.07, 6.45) is 5.62. The number of nitrogens with one attached hydrogen (secondary N) is 1. The molecular formula is C19H30N2O3. The number of rotatable bonds is 9. The molecule has 0 atom stereocenters. The van der Waals surface area contributed by atoms with Crippen LogP contribution in [0.1, 0.15) is 44.6 Å². The van der Waals surface area contributed by atoms with E-state index >= 15 is 0 Å². The van der Waals surface area contributed by atoms with Gasteiger partial charge in [-0.05, 0) is 50.0 Å². The molecule has 5 nitrogen and oxygen atoms in total. The van der Waals surface area contributed by atoms with E-state index in [1.807, 2.05) is 24.3 Å². The molecule has 0 spiro atoms. The van der Waals surface area contributed by atoms with Crippen LogP contribution in [-0.2, 0) is 16.1 Å². The van der Waals surface area contributed by atoms with Crippen LogP contribution in [0.15, 0.2) is 24.3 Å². The average molecular weight is 334 g/mol. The Balaban J connectivity index is 1.66. The van der Waals surface area contributed by atoms with Gasteiger partial charge in [0.05, 0.1) is 6.61 Å². The van der Waals surface area contributed by atoms with Gasteiger partial charge in [-0.2, -0.15) is 0 Å². The van der Waals surface area contributed by atoms with Crippen molar-refractivity contribution in [1.82, 2.24) is 4.90 Å². The van der Waals surface area contributed by atoms with Crippen molar-refractivity contribution < 1.29 is 14.3 Å². The van der Waals surface area contributed by atoms with Crippen LogP contribution in [-0.4, -0.2) is 43.8 Å². The molecule has 1 amide bonds. The van der Waals surface area contributed by atoms with Crippen LogP contribution in [0.2, 0.25) is 0 Å². The number of amides is 1. The summed E-state index contributed by atoms with van der Waals surface area (Å²) < 4.78 is 10.9. The minimum Gasteiger partial charge on any atom is -0.448 e. The molecule has 0 aromatic heterocycles. The van der Waals surface area contributed by atoms with Gasteiger partial charge in [0.15, 0.2) is 0 Å². The zero-order valence-corrected chi connectivity index (χ0v) is 14.8. The van der Waals surface area contributed by atoms with E-state index in [1.165, 1.54) is 19.3 Å². The van der Waals surface area contributed by atoms with Crippen molar-refractivity contribution in [3.05, 3.63) is 29.8 Å². The lowest BCUT2D eigenvalue weighted by Crippen LogP contribution is -2.33. The van der Waals surface area contributed by atoms with Gasteiger partial charge in [0.25, 0.3) is 0 Å². The Morgan fingerprint density at radius 2 is 2.04 bits per heavy atom. The molecule has 1 fully saturated rings. The zero-order chi connectivity index (χ0) is 17.0. The molecular weight excluding hydrogens is 304 g/mol. The number of carbonyl (C=O) groups excluding carboxylic acids is 1. The molecule has 1 aliphatic heterocycles. The first-order valence-corrected chi connectivity index (χ1v) is 9.10. The van der Waals surface area contributed by atoms with Gasteiger partial charge >= 0.3 is 6.09 Å². The first kappa shape index (κ1) is 18.7. The highest BCUT2D eigenvalue weighted by Crippen LogP contribution is 2.12. The molecule has 0 radical (unpaired) electrons. The summed E-state index contributed by atoms with van der Waals surface area (Å²) in [5, 5.41) is 2.79. The van der Waals surface area contributed by atoms with Gasteiger partial charge in [-0.25, -0.2) is 4.79 Å². The summed E-state index contributed by atoms with van der Waals surface area (Å²) in [7, 11) is 0. The third kappa shape index (κ3) is 7.32. The Morgan fingerprint density at radius 3 is 2.83 bits per heavy atom. The Bertz CT molecular complexity index is 487. The van der Waals surface area contributed by atoms with Gasteiger partial charge in [0.1, 0.15) is 6.61 Å². The van der Waals surface area contributed by atoms with Crippen molar-refractivity contribution in [3.63, 3.8) is 0 Å². The Labute approximate surface area is 145 Å². The van der Waals surface area contributed by atoms with Crippen molar-refractivity contribution in [2.45, 2.75) is 45.6 Å². The van der Waals surface area contributed by atoms with Crippen LogP contribution < -0.4 is 5.32 Å². The van der Waals surface area contributed by atoms with Crippen molar-refractivity contribution in [2.24, 2.45) is 0 Å². The van der Waals surface area contributed by atoms with Crippen LogP contribution >= 0.6 is 0 Å². The smallest absolute Gasteiger partial charge is 0.411 e. The summed E-state index contributed by atoms with van der Waals surface area (Å²) >= 11 is 0. The summed E-state index contributed by atoms with van der Waals surface area (Å²) in [5.74, 6) is 0. The third-order valence-corrected chi connectivity index (χ3v) is 4.17. The molecule has 1 N–H and O–H groups in total. The monoisotopic (exact) mass is 334 g/mol. The van der Waals surface area contributed by atoms with E-state index in [0.717, 1.165) is 50.3 Å². The van der Waals surface area contributed by atoms with Crippen LogP contribution in [0, 0.1) is 0 Å². The maximum Gasteiger partial charge on any atom is 0.411 e. The molecule has 1 aromatic rings.